The van der Waals surface area contributed by atoms with Crippen molar-refractivity contribution in [3.8, 4) is 0 Å². The SMILES string of the molecule is CC1(C)CCC[C@]2(C)[C@@H]1C(=O)[C@@H](O)[C@@]13C[C@@H](CC[C@@H]21)[C@@](O)(CO)C3. The van der Waals surface area contributed by atoms with Gasteiger partial charge in [-0.1, -0.05) is 27.2 Å². The predicted octanol–water partition coefficient (Wildman–Crippen LogP) is 2.29. The van der Waals surface area contributed by atoms with Crippen molar-refractivity contribution >= 4 is 5.78 Å². The Morgan fingerprint density at radius 3 is 2.54 bits per heavy atom. The molecular weight excluding hydrogens is 304 g/mol. The van der Waals surface area contributed by atoms with Crippen LogP contribution >= 0.6 is 0 Å². The summed E-state index contributed by atoms with van der Waals surface area (Å²) in [6.07, 6.45) is 5.13. The molecule has 0 radical (unpaired) electrons. The van der Waals surface area contributed by atoms with Crippen LogP contribution in [0.15, 0.2) is 0 Å². The molecule has 7 atom stereocenters. The van der Waals surface area contributed by atoms with Gasteiger partial charge in [0.25, 0.3) is 0 Å². The van der Waals surface area contributed by atoms with Gasteiger partial charge in [0, 0.05) is 11.3 Å². The fourth-order valence-corrected chi connectivity index (χ4v) is 7.93. The van der Waals surface area contributed by atoms with Crippen molar-refractivity contribution in [2.24, 2.45) is 34.0 Å². The summed E-state index contributed by atoms with van der Waals surface area (Å²) >= 11 is 0. The van der Waals surface area contributed by atoms with Crippen LogP contribution in [0.25, 0.3) is 0 Å². The maximum absolute atomic E-state index is 13.3. The van der Waals surface area contributed by atoms with Gasteiger partial charge >= 0.3 is 0 Å². The average molecular weight is 336 g/mol. The Morgan fingerprint density at radius 1 is 1.17 bits per heavy atom. The van der Waals surface area contributed by atoms with E-state index < -0.39 is 17.1 Å². The van der Waals surface area contributed by atoms with E-state index in [1.54, 1.807) is 0 Å². The first-order chi connectivity index (χ1) is 11.1. The molecule has 0 heterocycles. The maximum atomic E-state index is 13.3. The number of carbonyl (C=O) groups excluding carboxylic acids is 1. The zero-order valence-corrected chi connectivity index (χ0v) is 15.2. The van der Waals surface area contributed by atoms with E-state index in [1.165, 1.54) is 0 Å². The topological polar surface area (TPSA) is 77.8 Å². The summed E-state index contributed by atoms with van der Waals surface area (Å²) in [5, 5.41) is 31.8. The lowest BCUT2D eigenvalue weighted by Crippen LogP contribution is -2.65. The predicted molar refractivity (Wildman–Crippen MR) is 90.2 cm³/mol. The van der Waals surface area contributed by atoms with E-state index in [1.807, 2.05) is 0 Å². The van der Waals surface area contributed by atoms with Crippen LogP contribution in [0.2, 0.25) is 0 Å². The lowest BCUT2D eigenvalue weighted by molar-refractivity contribution is -0.198. The molecular formula is C20H32O4. The van der Waals surface area contributed by atoms with Crippen LogP contribution in [0.4, 0.5) is 0 Å². The van der Waals surface area contributed by atoms with Crippen LogP contribution in [-0.2, 0) is 4.79 Å². The molecule has 4 rings (SSSR count). The van der Waals surface area contributed by atoms with Crippen LogP contribution in [-0.4, -0.2) is 39.4 Å². The Bertz CT molecular complexity index is 572. The highest BCUT2D eigenvalue weighted by Gasteiger charge is 2.72. The van der Waals surface area contributed by atoms with Crippen LogP contribution in [0.5, 0.6) is 0 Å². The third-order valence-corrected chi connectivity index (χ3v) is 8.67. The quantitative estimate of drug-likeness (QED) is 0.686. The highest BCUT2D eigenvalue weighted by Crippen LogP contribution is 2.71. The molecule has 0 saturated heterocycles. The molecule has 136 valence electrons. The number of hydrogen-bond acceptors (Lipinski definition) is 4. The second-order valence-corrected chi connectivity index (χ2v) is 10.3. The molecule has 4 fully saturated rings. The Labute approximate surface area is 144 Å². The highest BCUT2D eigenvalue weighted by molar-refractivity contribution is 5.89. The van der Waals surface area contributed by atoms with Crippen molar-refractivity contribution < 1.29 is 20.1 Å². The summed E-state index contributed by atoms with van der Waals surface area (Å²) in [5.74, 6) is 0.182. The van der Waals surface area contributed by atoms with E-state index in [9.17, 15) is 20.1 Å². The smallest absolute Gasteiger partial charge is 0.165 e. The molecule has 0 unspecified atom stereocenters. The largest absolute Gasteiger partial charge is 0.393 e. The molecule has 2 bridgehead atoms. The summed E-state index contributed by atoms with van der Waals surface area (Å²) in [6, 6.07) is 0. The molecule has 0 aromatic rings. The van der Waals surface area contributed by atoms with Gasteiger partial charge in [-0.05, 0) is 61.2 Å². The van der Waals surface area contributed by atoms with Gasteiger partial charge in [-0.15, -0.1) is 0 Å². The van der Waals surface area contributed by atoms with Gasteiger partial charge in [0.05, 0.1) is 12.2 Å². The molecule has 4 aliphatic carbocycles. The molecule has 4 heteroatoms. The van der Waals surface area contributed by atoms with Gasteiger partial charge in [-0.2, -0.15) is 0 Å². The summed E-state index contributed by atoms with van der Waals surface area (Å²) < 4.78 is 0. The van der Waals surface area contributed by atoms with Crippen molar-refractivity contribution in [1.82, 2.24) is 0 Å². The lowest BCUT2D eigenvalue weighted by Gasteiger charge is -2.64. The first kappa shape index (κ1) is 17.0. The van der Waals surface area contributed by atoms with E-state index in [0.717, 1.165) is 32.1 Å². The summed E-state index contributed by atoms with van der Waals surface area (Å²) in [6.45, 7) is 6.37. The molecule has 4 saturated carbocycles. The van der Waals surface area contributed by atoms with E-state index in [4.69, 9.17) is 0 Å². The van der Waals surface area contributed by atoms with Crippen LogP contribution in [0.3, 0.4) is 0 Å². The third kappa shape index (κ3) is 1.83. The standard InChI is InChI=1S/C20H32O4/c1-17(2)7-4-8-18(3)13-6-5-12-9-19(13,10-20(12,24)11-21)16(23)14(22)15(17)18/h12-13,15-16,21,23-24H,4-11H2,1-3H3/t12-,13+,15-,16-,18+,19-,20+/m1/s1. The molecule has 3 N–H and O–H groups in total. The first-order valence-corrected chi connectivity index (χ1v) is 9.66. The number of aliphatic hydroxyl groups excluding tert-OH is 2. The van der Waals surface area contributed by atoms with Gasteiger partial charge in [0.15, 0.2) is 5.78 Å². The van der Waals surface area contributed by atoms with Gasteiger partial charge < -0.3 is 15.3 Å². The van der Waals surface area contributed by atoms with Gasteiger partial charge in [0.2, 0.25) is 0 Å². The maximum Gasteiger partial charge on any atom is 0.165 e. The van der Waals surface area contributed by atoms with Crippen LogP contribution in [0.1, 0.15) is 65.7 Å². The van der Waals surface area contributed by atoms with Gasteiger partial charge in [-0.3, -0.25) is 4.79 Å². The number of ketones is 1. The van der Waals surface area contributed by atoms with E-state index >= 15 is 0 Å². The first-order valence-electron chi connectivity index (χ1n) is 9.66. The van der Waals surface area contributed by atoms with Gasteiger partial charge in [0.1, 0.15) is 6.10 Å². The van der Waals surface area contributed by atoms with Crippen molar-refractivity contribution in [2.45, 2.75) is 77.4 Å². The Balaban J connectivity index is 1.83. The van der Waals surface area contributed by atoms with Crippen molar-refractivity contribution in [1.29, 1.82) is 0 Å². The minimum absolute atomic E-state index is 0.00119. The molecule has 4 aliphatic rings. The summed E-state index contributed by atoms with van der Waals surface area (Å²) in [7, 11) is 0. The van der Waals surface area contributed by atoms with Crippen molar-refractivity contribution in [3.63, 3.8) is 0 Å². The zero-order chi connectivity index (χ0) is 17.5. The van der Waals surface area contributed by atoms with Crippen LogP contribution < -0.4 is 0 Å². The number of rotatable bonds is 1. The molecule has 4 nitrogen and oxygen atoms in total. The molecule has 0 amide bonds. The lowest BCUT2D eigenvalue weighted by atomic mass is 9.40. The number of Topliss-reactive ketones (excluding diaryl/α,β-unsaturated/α-hetero) is 1. The van der Waals surface area contributed by atoms with Crippen LogP contribution in [0, 0.1) is 34.0 Å². The molecule has 0 aromatic carbocycles. The normalized spacial score (nSPS) is 55.8. The fourth-order valence-electron chi connectivity index (χ4n) is 7.93. The van der Waals surface area contributed by atoms with E-state index in [0.29, 0.717) is 12.8 Å². The second kappa shape index (κ2) is 4.83. The molecule has 0 aliphatic heterocycles. The highest BCUT2D eigenvalue weighted by atomic mass is 16.3. The minimum Gasteiger partial charge on any atom is -0.393 e. The summed E-state index contributed by atoms with van der Waals surface area (Å²) in [5.41, 5.74) is -1.82. The number of hydrogen-bond donors (Lipinski definition) is 3. The summed E-state index contributed by atoms with van der Waals surface area (Å²) in [4.78, 5) is 13.3. The molecule has 24 heavy (non-hydrogen) atoms. The number of fused-ring (bicyclic) bond motifs is 3. The van der Waals surface area contributed by atoms with Gasteiger partial charge in [-0.25, -0.2) is 0 Å². The Hall–Kier alpha value is -0.450. The molecule has 0 aromatic heterocycles. The number of carbonyl (C=O) groups is 1. The van der Waals surface area contributed by atoms with Crippen molar-refractivity contribution in [2.75, 3.05) is 6.61 Å². The zero-order valence-electron chi connectivity index (χ0n) is 15.2. The third-order valence-electron chi connectivity index (χ3n) is 8.67. The second-order valence-electron chi connectivity index (χ2n) is 10.3. The number of aliphatic hydroxyl groups is 3. The average Bonchev–Trinajstić information content (AvgIpc) is 2.73. The molecule has 1 spiro atoms. The fraction of sp³-hybridized carbons (Fsp3) is 0.950. The monoisotopic (exact) mass is 336 g/mol. The van der Waals surface area contributed by atoms with E-state index in [2.05, 4.69) is 20.8 Å². The van der Waals surface area contributed by atoms with E-state index in [-0.39, 0.29) is 41.0 Å². The Kier molecular flexibility index (Phi) is 3.42. The Morgan fingerprint density at radius 2 is 1.88 bits per heavy atom. The minimum atomic E-state index is -1.12. The van der Waals surface area contributed by atoms with Crippen molar-refractivity contribution in [3.05, 3.63) is 0 Å².